The van der Waals surface area contributed by atoms with Crippen LogP contribution in [0.15, 0.2) is 24.3 Å². The van der Waals surface area contributed by atoms with Gasteiger partial charge in [0.25, 0.3) is 5.91 Å². The summed E-state index contributed by atoms with van der Waals surface area (Å²) in [5.41, 5.74) is 2.03. The van der Waals surface area contributed by atoms with Gasteiger partial charge >= 0.3 is 0 Å². The molecule has 2 fully saturated rings. The molecule has 2 heterocycles. The van der Waals surface area contributed by atoms with Crippen molar-refractivity contribution in [3.8, 4) is 0 Å². The van der Waals surface area contributed by atoms with Crippen LogP contribution in [-0.4, -0.2) is 36.5 Å². The molecule has 108 valence electrons. The third-order valence-corrected chi connectivity index (χ3v) is 4.79. The Morgan fingerprint density at radius 3 is 2.45 bits per heavy atom. The number of carbonyl (C=O) groups excluding carboxylic acids is 1. The van der Waals surface area contributed by atoms with Crippen molar-refractivity contribution in [3.63, 3.8) is 0 Å². The Kier molecular flexibility index (Phi) is 4.06. The molecular formula is C17H24N2O. The van der Waals surface area contributed by atoms with E-state index in [0.717, 1.165) is 37.4 Å². The maximum absolute atomic E-state index is 12.4. The van der Waals surface area contributed by atoms with E-state index in [0.29, 0.717) is 6.04 Å². The Labute approximate surface area is 121 Å². The van der Waals surface area contributed by atoms with Gasteiger partial charge in [0.2, 0.25) is 0 Å². The molecule has 1 unspecified atom stereocenters. The number of nitrogens with one attached hydrogen (secondary N) is 1. The number of aryl methyl sites for hydroxylation is 1. The Bertz CT molecular complexity index is 454. The first-order valence-electron chi connectivity index (χ1n) is 7.83. The zero-order valence-electron chi connectivity index (χ0n) is 12.3. The molecule has 1 N–H and O–H groups in total. The van der Waals surface area contributed by atoms with Crippen molar-refractivity contribution < 1.29 is 4.79 Å². The van der Waals surface area contributed by atoms with Crippen LogP contribution in [0.25, 0.3) is 0 Å². The minimum atomic E-state index is 0.197. The summed E-state index contributed by atoms with van der Waals surface area (Å²) in [4.78, 5) is 14.5. The van der Waals surface area contributed by atoms with Crippen molar-refractivity contribution in [2.24, 2.45) is 5.92 Å². The number of likely N-dealkylation sites (tertiary alicyclic amines) is 1. The lowest BCUT2D eigenvalue weighted by atomic mass is 9.88. The number of hydrogen-bond donors (Lipinski definition) is 1. The number of piperidine rings is 1. The molecule has 2 saturated heterocycles. The molecule has 20 heavy (non-hydrogen) atoms. The van der Waals surface area contributed by atoms with Gasteiger partial charge in [-0.3, -0.25) is 4.79 Å². The van der Waals surface area contributed by atoms with Crippen LogP contribution in [-0.2, 0) is 0 Å². The SMILES string of the molecule is Cc1ccc(C(=O)N2CCC(C3CCCN3)CC2)cc1. The Morgan fingerprint density at radius 2 is 1.85 bits per heavy atom. The second-order valence-corrected chi connectivity index (χ2v) is 6.20. The van der Waals surface area contributed by atoms with Crippen molar-refractivity contribution in [2.45, 2.75) is 38.6 Å². The maximum Gasteiger partial charge on any atom is 0.253 e. The second-order valence-electron chi connectivity index (χ2n) is 6.20. The number of amides is 1. The topological polar surface area (TPSA) is 32.3 Å². The number of benzene rings is 1. The van der Waals surface area contributed by atoms with Crippen LogP contribution in [0.4, 0.5) is 0 Å². The van der Waals surface area contributed by atoms with Crippen LogP contribution in [0.5, 0.6) is 0 Å². The average molecular weight is 272 g/mol. The van der Waals surface area contributed by atoms with E-state index < -0.39 is 0 Å². The quantitative estimate of drug-likeness (QED) is 0.897. The summed E-state index contributed by atoms with van der Waals surface area (Å²) >= 11 is 0. The molecule has 1 aromatic rings. The number of carbonyl (C=O) groups is 1. The monoisotopic (exact) mass is 272 g/mol. The van der Waals surface area contributed by atoms with Gasteiger partial charge in [-0.15, -0.1) is 0 Å². The van der Waals surface area contributed by atoms with Gasteiger partial charge in [0.05, 0.1) is 0 Å². The average Bonchev–Trinajstić information content (AvgIpc) is 3.02. The van der Waals surface area contributed by atoms with Gasteiger partial charge in [-0.2, -0.15) is 0 Å². The Morgan fingerprint density at radius 1 is 1.15 bits per heavy atom. The van der Waals surface area contributed by atoms with Gasteiger partial charge in [0.15, 0.2) is 0 Å². The molecule has 0 radical (unpaired) electrons. The summed E-state index contributed by atoms with van der Waals surface area (Å²) in [7, 11) is 0. The Balaban J connectivity index is 1.57. The molecule has 2 aliphatic heterocycles. The maximum atomic E-state index is 12.4. The lowest BCUT2D eigenvalue weighted by Gasteiger charge is -2.35. The minimum Gasteiger partial charge on any atom is -0.339 e. The molecule has 3 nitrogen and oxygen atoms in total. The van der Waals surface area contributed by atoms with Crippen LogP contribution in [0.2, 0.25) is 0 Å². The molecule has 0 spiro atoms. The fourth-order valence-electron chi connectivity index (χ4n) is 3.50. The predicted octanol–water partition coefficient (Wildman–Crippen LogP) is 2.60. The van der Waals surface area contributed by atoms with E-state index in [-0.39, 0.29) is 5.91 Å². The van der Waals surface area contributed by atoms with E-state index in [1.165, 1.54) is 24.9 Å². The summed E-state index contributed by atoms with van der Waals surface area (Å²) in [5.74, 6) is 0.961. The largest absolute Gasteiger partial charge is 0.339 e. The van der Waals surface area contributed by atoms with Crippen molar-refractivity contribution in [3.05, 3.63) is 35.4 Å². The van der Waals surface area contributed by atoms with Crippen LogP contribution in [0.1, 0.15) is 41.6 Å². The highest BCUT2D eigenvalue weighted by atomic mass is 16.2. The van der Waals surface area contributed by atoms with Gasteiger partial charge in [-0.1, -0.05) is 17.7 Å². The predicted molar refractivity (Wildman–Crippen MR) is 80.8 cm³/mol. The molecule has 0 saturated carbocycles. The first kappa shape index (κ1) is 13.6. The fraction of sp³-hybridized carbons (Fsp3) is 0.588. The summed E-state index contributed by atoms with van der Waals surface area (Å²) in [6.45, 7) is 5.05. The zero-order chi connectivity index (χ0) is 13.9. The first-order valence-corrected chi connectivity index (χ1v) is 7.83. The van der Waals surface area contributed by atoms with E-state index in [9.17, 15) is 4.79 Å². The van der Waals surface area contributed by atoms with Crippen LogP contribution in [0, 0.1) is 12.8 Å². The van der Waals surface area contributed by atoms with E-state index >= 15 is 0 Å². The van der Waals surface area contributed by atoms with Gasteiger partial charge in [0, 0.05) is 24.7 Å². The molecule has 0 aliphatic carbocycles. The molecule has 0 aromatic heterocycles. The smallest absolute Gasteiger partial charge is 0.253 e. The molecule has 0 bridgehead atoms. The zero-order valence-corrected chi connectivity index (χ0v) is 12.3. The van der Waals surface area contributed by atoms with E-state index in [1.54, 1.807) is 0 Å². The minimum absolute atomic E-state index is 0.197. The van der Waals surface area contributed by atoms with Crippen LogP contribution in [0.3, 0.4) is 0 Å². The first-order chi connectivity index (χ1) is 9.74. The van der Waals surface area contributed by atoms with Crippen molar-refractivity contribution >= 4 is 5.91 Å². The second kappa shape index (κ2) is 5.96. The van der Waals surface area contributed by atoms with Crippen molar-refractivity contribution in [2.75, 3.05) is 19.6 Å². The molecule has 1 aromatic carbocycles. The van der Waals surface area contributed by atoms with E-state index in [2.05, 4.69) is 5.32 Å². The van der Waals surface area contributed by atoms with Gasteiger partial charge < -0.3 is 10.2 Å². The van der Waals surface area contributed by atoms with Gasteiger partial charge in [0.1, 0.15) is 0 Å². The number of rotatable bonds is 2. The van der Waals surface area contributed by atoms with Crippen molar-refractivity contribution in [1.29, 1.82) is 0 Å². The van der Waals surface area contributed by atoms with E-state index in [1.807, 2.05) is 36.1 Å². The highest BCUT2D eigenvalue weighted by Gasteiger charge is 2.30. The van der Waals surface area contributed by atoms with Crippen molar-refractivity contribution in [1.82, 2.24) is 10.2 Å². The third-order valence-electron chi connectivity index (χ3n) is 4.79. The highest BCUT2D eigenvalue weighted by Crippen LogP contribution is 2.26. The van der Waals surface area contributed by atoms with Crippen LogP contribution >= 0.6 is 0 Å². The van der Waals surface area contributed by atoms with E-state index in [4.69, 9.17) is 0 Å². The molecule has 3 heteroatoms. The van der Waals surface area contributed by atoms with Crippen LogP contribution < -0.4 is 5.32 Å². The number of nitrogens with zero attached hydrogens (tertiary/aromatic N) is 1. The molecule has 1 amide bonds. The Hall–Kier alpha value is -1.35. The molecular weight excluding hydrogens is 248 g/mol. The third kappa shape index (κ3) is 2.88. The molecule has 1 atom stereocenters. The highest BCUT2D eigenvalue weighted by molar-refractivity contribution is 5.94. The fourth-order valence-corrected chi connectivity index (χ4v) is 3.50. The lowest BCUT2D eigenvalue weighted by molar-refractivity contribution is 0.0674. The lowest BCUT2D eigenvalue weighted by Crippen LogP contribution is -2.43. The molecule has 3 rings (SSSR count). The summed E-state index contributed by atoms with van der Waals surface area (Å²) in [6, 6.07) is 8.63. The van der Waals surface area contributed by atoms with Gasteiger partial charge in [-0.25, -0.2) is 0 Å². The summed E-state index contributed by atoms with van der Waals surface area (Å²) in [6.07, 6.45) is 4.92. The molecule has 2 aliphatic rings. The summed E-state index contributed by atoms with van der Waals surface area (Å²) < 4.78 is 0. The normalized spacial score (nSPS) is 24.1. The standard InChI is InChI=1S/C17H24N2O/c1-13-4-6-15(7-5-13)17(20)19-11-8-14(9-12-19)16-3-2-10-18-16/h4-7,14,16,18H,2-3,8-12H2,1H3. The van der Waals surface area contributed by atoms with Gasteiger partial charge in [-0.05, 0) is 57.2 Å². The summed E-state index contributed by atoms with van der Waals surface area (Å²) in [5, 5.41) is 3.60. The number of hydrogen-bond acceptors (Lipinski definition) is 2.